The zero-order valence-corrected chi connectivity index (χ0v) is 11.5. The number of rotatable bonds is 3. The lowest BCUT2D eigenvalue weighted by Crippen LogP contribution is -2.17. The zero-order valence-electron chi connectivity index (χ0n) is 10.7. The first-order valence-electron chi connectivity index (χ1n) is 6.26. The molecule has 0 radical (unpaired) electrons. The van der Waals surface area contributed by atoms with Crippen molar-refractivity contribution in [1.82, 2.24) is 5.32 Å². The van der Waals surface area contributed by atoms with Crippen LogP contribution in [0.5, 0.6) is 5.75 Å². The molecule has 94 valence electrons. The van der Waals surface area contributed by atoms with Gasteiger partial charge in [-0.15, -0.1) is 11.3 Å². The number of ether oxygens (including phenoxy) is 1. The molecule has 2 heterocycles. The van der Waals surface area contributed by atoms with Gasteiger partial charge in [-0.1, -0.05) is 12.1 Å². The molecule has 1 aromatic heterocycles. The molecule has 2 aromatic rings. The van der Waals surface area contributed by atoms with E-state index in [9.17, 15) is 0 Å². The number of aryl methyl sites for hydroxylation is 1. The lowest BCUT2D eigenvalue weighted by atomic mass is 10.00. The Kier molecular flexibility index (Phi) is 3.10. The van der Waals surface area contributed by atoms with Gasteiger partial charge in [0.15, 0.2) is 0 Å². The van der Waals surface area contributed by atoms with Crippen molar-refractivity contribution in [1.29, 1.82) is 0 Å². The van der Waals surface area contributed by atoms with Crippen LogP contribution < -0.4 is 10.1 Å². The maximum absolute atomic E-state index is 5.56. The summed E-state index contributed by atoms with van der Waals surface area (Å²) in [6.45, 7) is 2.99. The highest BCUT2D eigenvalue weighted by Gasteiger charge is 2.19. The van der Waals surface area contributed by atoms with Gasteiger partial charge in [0, 0.05) is 11.3 Å². The summed E-state index contributed by atoms with van der Waals surface area (Å²) in [5, 5.41) is 5.58. The molecule has 0 fully saturated rings. The minimum absolute atomic E-state index is 0.288. The topological polar surface area (TPSA) is 21.3 Å². The lowest BCUT2D eigenvalue weighted by Gasteiger charge is -2.17. The second-order valence-electron chi connectivity index (χ2n) is 4.66. The third kappa shape index (κ3) is 1.93. The van der Waals surface area contributed by atoms with E-state index in [0.29, 0.717) is 0 Å². The molecule has 1 aliphatic heterocycles. The summed E-state index contributed by atoms with van der Waals surface area (Å²) in [5.41, 5.74) is 4.02. The Morgan fingerprint density at radius 3 is 2.94 bits per heavy atom. The first kappa shape index (κ1) is 11.8. The van der Waals surface area contributed by atoms with Crippen molar-refractivity contribution in [3.63, 3.8) is 0 Å². The number of hydrogen-bond acceptors (Lipinski definition) is 3. The van der Waals surface area contributed by atoms with Crippen molar-refractivity contribution < 1.29 is 4.74 Å². The molecular formula is C15H17NOS. The van der Waals surface area contributed by atoms with Crippen molar-refractivity contribution in [2.75, 3.05) is 13.7 Å². The van der Waals surface area contributed by atoms with Gasteiger partial charge in [-0.2, -0.15) is 0 Å². The molecule has 3 heteroatoms. The number of nitrogens with one attached hydrogen (secondary N) is 1. The first-order valence-corrected chi connectivity index (χ1v) is 7.14. The minimum Gasteiger partial charge on any atom is -0.493 e. The van der Waals surface area contributed by atoms with Gasteiger partial charge in [-0.25, -0.2) is 0 Å². The standard InChI is InChI=1S/C15H17NOS/c1-10-6-8-18-15(10)14(16-2)12-3-4-13-11(9-12)5-7-17-13/h3-4,6,8-9,14,16H,5,7H2,1-2H3. The fourth-order valence-electron chi connectivity index (χ4n) is 2.52. The number of fused-ring (bicyclic) bond motifs is 1. The molecule has 0 spiro atoms. The summed E-state index contributed by atoms with van der Waals surface area (Å²) in [6, 6.07) is 9.02. The molecular weight excluding hydrogens is 242 g/mol. The molecule has 1 atom stereocenters. The summed E-state index contributed by atoms with van der Waals surface area (Å²) in [5.74, 6) is 1.05. The van der Waals surface area contributed by atoms with E-state index in [4.69, 9.17) is 4.74 Å². The maximum atomic E-state index is 5.56. The highest BCUT2D eigenvalue weighted by molar-refractivity contribution is 7.10. The van der Waals surface area contributed by atoms with Crippen molar-refractivity contribution >= 4 is 11.3 Å². The van der Waals surface area contributed by atoms with Gasteiger partial charge in [0.05, 0.1) is 12.6 Å². The Morgan fingerprint density at radius 1 is 1.33 bits per heavy atom. The van der Waals surface area contributed by atoms with Crippen LogP contribution >= 0.6 is 11.3 Å². The first-order chi connectivity index (χ1) is 8.79. The Morgan fingerprint density at radius 2 is 2.22 bits per heavy atom. The van der Waals surface area contributed by atoms with E-state index in [2.05, 4.69) is 41.9 Å². The van der Waals surface area contributed by atoms with Crippen molar-refractivity contribution in [3.05, 3.63) is 51.2 Å². The third-order valence-electron chi connectivity index (χ3n) is 3.50. The van der Waals surface area contributed by atoms with Crippen molar-refractivity contribution in [3.8, 4) is 5.75 Å². The predicted octanol–water partition coefficient (Wildman–Crippen LogP) is 3.30. The van der Waals surface area contributed by atoms with Crippen LogP contribution in [0.25, 0.3) is 0 Å². The Balaban J connectivity index is 2.00. The Hall–Kier alpha value is -1.32. The predicted molar refractivity (Wildman–Crippen MR) is 75.6 cm³/mol. The van der Waals surface area contributed by atoms with Crippen molar-refractivity contribution in [2.24, 2.45) is 0 Å². The average Bonchev–Trinajstić information content (AvgIpc) is 2.99. The lowest BCUT2D eigenvalue weighted by molar-refractivity contribution is 0.357. The fourth-order valence-corrected chi connectivity index (χ4v) is 3.58. The molecule has 18 heavy (non-hydrogen) atoms. The van der Waals surface area contributed by atoms with Crippen LogP contribution in [-0.4, -0.2) is 13.7 Å². The van der Waals surface area contributed by atoms with E-state index in [0.717, 1.165) is 18.8 Å². The van der Waals surface area contributed by atoms with Crippen LogP contribution in [0.15, 0.2) is 29.6 Å². The summed E-state index contributed by atoms with van der Waals surface area (Å²) >= 11 is 1.82. The Labute approximate surface area is 112 Å². The van der Waals surface area contributed by atoms with Gasteiger partial charge in [0.25, 0.3) is 0 Å². The monoisotopic (exact) mass is 259 g/mol. The fraction of sp³-hybridized carbons (Fsp3) is 0.333. The van der Waals surface area contributed by atoms with Gasteiger partial charge >= 0.3 is 0 Å². The van der Waals surface area contributed by atoms with E-state index >= 15 is 0 Å². The molecule has 1 unspecified atom stereocenters. The molecule has 1 aliphatic rings. The summed E-state index contributed by atoms with van der Waals surface area (Å²) in [6.07, 6.45) is 1.03. The normalized spacial score (nSPS) is 15.2. The van der Waals surface area contributed by atoms with E-state index in [1.807, 2.05) is 18.4 Å². The van der Waals surface area contributed by atoms with Gasteiger partial charge in [-0.05, 0) is 48.2 Å². The van der Waals surface area contributed by atoms with E-state index in [1.165, 1.54) is 21.6 Å². The van der Waals surface area contributed by atoms with E-state index in [-0.39, 0.29) is 6.04 Å². The largest absolute Gasteiger partial charge is 0.493 e. The number of thiophene rings is 1. The van der Waals surface area contributed by atoms with Crippen LogP contribution in [0, 0.1) is 6.92 Å². The molecule has 0 aliphatic carbocycles. The van der Waals surface area contributed by atoms with Crippen LogP contribution in [0.4, 0.5) is 0 Å². The molecule has 0 saturated carbocycles. The van der Waals surface area contributed by atoms with Gasteiger partial charge in [0.1, 0.15) is 5.75 Å². The second-order valence-corrected chi connectivity index (χ2v) is 5.60. The van der Waals surface area contributed by atoms with Gasteiger partial charge in [0.2, 0.25) is 0 Å². The molecule has 0 saturated heterocycles. The van der Waals surface area contributed by atoms with E-state index < -0.39 is 0 Å². The third-order valence-corrected chi connectivity index (χ3v) is 4.58. The minimum atomic E-state index is 0.288. The van der Waals surface area contributed by atoms with Crippen LogP contribution in [-0.2, 0) is 6.42 Å². The van der Waals surface area contributed by atoms with Gasteiger partial charge < -0.3 is 10.1 Å². The maximum Gasteiger partial charge on any atom is 0.122 e. The summed E-state index contributed by atoms with van der Waals surface area (Å²) in [7, 11) is 2.02. The average molecular weight is 259 g/mol. The van der Waals surface area contributed by atoms with Crippen molar-refractivity contribution in [2.45, 2.75) is 19.4 Å². The van der Waals surface area contributed by atoms with Crippen LogP contribution in [0.2, 0.25) is 0 Å². The summed E-state index contributed by atoms with van der Waals surface area (Å²) < 4.78 is 5.56. The number of hydrogen-bond donors (Lipinski definition) is 1. The molecule has 0 amide bonds. The van der Waals surface area contributed by atoms with Crippen LogP contribution in [0.1, 0.15) is 27.6 Å². The highest BCUT2D eigenvalue weighted by Crippen LogP contribution is 2.33. The highest BCUT2D eigenvalue weighted by atomic mass is 32.1. The molecule has 2 nitrogen and oxygen atoms in total. The SMILES string of the molecule is CNC(c1ccc2c(c1)CCO2)c1sccc1C. The van der Waals surface area contributed by atoms with E-state index in [1.54, 1.807) is 0 Å². The summed E-state index contributed by atoms with van der Waals surface area (Å²) in [4.78, 5) is 1.40. The van der Waals surface area contributed by atoms with Gasteiger partial charge in [-0.3, -0.25) is 0 Å². The molecule has 1 N–H and O–H groups in total. The Bertz CT molecular complexity index is 561. The molecule has 1 aromatic carbocycles. The van der Waals surface area contributed by atoms with Crippen LogP contribution in [0.3, 0.4) is 0 Å². The zero-order chi connectivity index (χ0) is 12.5. The molecule has 0 bridgehead atoms. The second kappa shape index (κ2) is 4.75. The number of benzene rings is 1. The smallest absolute Gasteiger partial charge is 0.122 e. The quantitative estimate of drug-likeness (QED) is 0.913. The molecule has 3 rings (SSSR count).